The van der Waals surface area contributed by atoms with Crippen LogP contribution >= 0.6 is 34.2 Å². The first kappa shape index (κ1) is 17.0. The number of nitrogens with one attached hydrogen (secondary N) is 1. The van der Waals surface area contributed by atoms with Gasteiger partial charge in [-0.25, -0.2) is 4.79 Å². The second-order valence-corrected chi connectivity index (χ2v) is 6.80. The highest BCUT2D eigenvalue weighted by Crippen LogP contribution is 2.23. The van der Waals surface area contributed by atoms with Gasteiger partial charge in [-0.15, -0.1) is 0 Å². The average Bonchev–Trinajstić information content (AvgIpc) is 2.28. The quantitative estimate of drug-likeness (QED) is 0.747. The summed E-state index contributed by atoms with van der Waals surface area (Å²) >= 11 is 7.91. The van der Waals surface area contributed by atoms with Gasteiger partial charge >= 0.3 is 12.0 Å². The summed E-state index contributed by atoms with van der Waals surface area (Å²) in [6, 6.07) is 4.61. The third-order valence-electron chi connectivity index (χ3n) is 2.52. The summed E-state index contributed by atoms with van der Waals surface area (Å²) in [7, 11) is 0. The zero-order chi connectivity index (χ0) is 15.5. The first-order valence-electron chi connectivity index (χ1n) is 5.86. The maximum atomic E-state index is 12.2. The Kier molecular flexibility index (Phi) is 5.64. The fraction of sp³-hybridized carbons (Fsp3) is 0.385. The molecule has 2 N–H and O–H groups in total. The topological polar surface area (TPSA) is 69.6 Å². The lowest BCUT2D eigenvalue weighted by Crippen LogP contribution is -2.50. The van der Waals surface area contributed by atoms with Gasteiger partial charge in [-0.3, -0.25) is 4.79 Å². The van der Waals surface area contributed by atoms with Gasteiger partial charge in [0.2, 0.25) is 0 Å². The molecule has 0 aliphatic rings. The number of hydrogen-bond donors (Lipinski definition) is 2. The Bertz CT molecular complexity index is 529. The largest absolute Gasteiger partial charge is 0.480 e. The van der Waals surface area contributed by atoms with E-state index in [1.807, 2.05) is 0 Å². The van der Waals surface area contributed by atoms with Gasteiger partial charge in [0.1, 0.15) is 6.54 Å². The number of hydrogen-bond acceptors (Lipinski definition) is 2. The lowest BCUT2D eigenvalue weighted by Gasteiger charge is -2.34. The molecule has 0 aliphatic carbocycles. The van der Waals surface area contributed by atoms with Gasteiger partial charge in [-0.05, 0) is 61.6 Å². The Morgan fingerprint density at radius 1 is 1.40 bits per heavy atom. The number of carboxylic acids is 1. The van der Waals surface area contributed by atoms with Crippen molar-refractivity contribution in [3.05, 3.63) is 26.8 Å². The molecule has 0 saturated carbocycles. The van der Waals surface area contributed by atoms with Crippen LogP contribution < -0.4 is 5.32 Å². The molecule has 0 atom stereocenters. The fourth-order valence-electron chi connectivity index (χ4n) is 1.52. The molecule has 110 valence electrons. The molecule has 1 aromatic rings. The molecular weight excluding hydrogens is 395 g/mol. The molecule has 5 nitrogen and oxygen atoms in total. The van der Waals surface area contributed by atoms with Crippen LogP contribution in [0.3, 0.4) is 0 Å². The summed E-state index contributed by atoms with van der Waals surface area (Å²) in [5.41, 5.74) is -0.00000218. The van der Waals surface area contributed by atoms with Crippen molar-refractivity contribution in [3.63, 3.8) is 0 Å². The molecule has 0 spiro atoms. The van der Waals surface area contributed by atoms with Gasteiger partial charge in [-0.1, -0.05) is 11.6 Å². The number of urea groups is 1. The Hall–Kier alpha value is -1.02. The molecule has 0 bridgehead atoms. The minimum atomic E-state index is -1.05. The van der Waals surface area contributed by atoms with Crippen molar-refractivity contribution >= 4 is 51.9 Å². The Balaban J connectivity index is 2.93. The van der Waals surface area contributed by atoms with Crippen molar-refractivity contribution < 1.29 is 14.7 Å². The first-order chi connectivity index (χ1) is 9.11. The van der Waals surface area contributed by atoms with Crippen molar-refractivity contribution in [2.75, 3.05) is 11.9 Å². The number of benzene rings is 1. The van der Waals surface area contributed by atoms with E-state index < -0.39 is 17.5 Å². The number of carboxylic acid groups (broad SMARTS) is 1. The lowest BCUT2D eigenvalue weighted by molar-refractivity contribution is -0.138. The van der Waals surface area contributed by atoms with E-state index in [1.165, 1.54) is 4.90 Å². The molecule has 7 heteroatoms. The number of nitrogens with zero attached hydrogens (tertiary/aromatic N) is 1. The third-order valence-corrected chi connectivity index (χ3v) is 3.65. The van der Waals surface area contributed by atoms with Crippen molar-refractivity contribution in [2.24, 2.45) is 0 Å². The van der Waals surface area contributed by atoms with Crippen LogP contribution in [-0.4, -0.2) is 34.1 Å². The minimum absolute atomic E-state index is 0.362. The second kappa shape index (κ2) is 6.62. The number of rotatable bonds is 3. The van der Waals surface area contributed by atoms with E-state index in [0.717, 1.165) is 3.57 Å². The zero-order valence-electron chi connectivity index (χ0n) is 11.4. The van der Waals surface area contributed by atoms with E-state index in [0.29, 0.717) is 10.7 Å². The summed E-state index contributed by atoms with van der Waals surface area (Å²) in [4.78, 5) is 24.4. The highest BCUT2D eigenvalue weighted by atomic mass is 127. The molecule has 0 heterocycles. The van der Waals surface area contributed by atoms with E-state index in [2.05, 4.69) is 27.9 Å². The van der Waals surface area contributed by atoms with Crippen molar-refractivity contribution in [1.29, 1.82) is 0 Å². The first-order valence-corrected chi connectivity index (χ1v) is 7.32. The molecule has 0 unspecified atom stereocenters. The molecule has 0 saturated heterocycles. The molecular formula is C13H16ClIN2O3. The number of amides is 2. The number of halogens is 2. The van der Waals surface area contributed by atoms with Crippen LogP contribution in [0.2, 0.25) is 5.02 Å². The van der Waals surface area contributed by atoms with E-state index in [9.17, 15) is 9.59 Å². The van der Waals surface area contributed by atoms with Crippen LogP contribution in [0.4, 0.5) is 10.5 Å². The van der Waals surface area contributed by atoms with Crippen LogP contribution in [0, 0.1) is 3.57 Å². The molecule has 1 rings (SSSR count). The summed E-state index contributed by atoms with van der Waals surface area (Å²) in [6.07, 6.45) is 0. The van der Waals surface area contributed by atoms with Crippen molar-refractivity contribution in [1.82, 2.24) is 4.90 Å². The normalized spacial score (nSPS) is 11.1. The molecule has 0 aromatic heterocycles. The van der Waals surface area contributed by atoms with Crippen LogP contribution in [-0.2, 0) is 4.79 Å². The molecule has 0 radical (unpaired) electrons. The number of carbonyl (C=O) groups excluding carboxylic acids is 1. The van der Waals surface area contributed by atoms with Crippen LogP contribution in [0.1, 0.15) is 20.8 Å². The lowest BCUT2D eigenvalue weighted by atomic mass is 10.1. The van der Waals surface area contributed by atoms with Gasteiger partial charge in [0.15, 0.2) is 0 Å². The van der Waals surface area contributed by atoms with Crippen LogP contribution in [0.25, 0.3) is 0 Å². The molecule has 2 amide bonds. The van der Waals surface area contributed by atoms with Crippen LogP contribution in [0.15, 0.2) is 18.2 Å². The molecule has 0 aliphatic heterocycles. The highest BCUT2D eigenvalue weighted by molar-refractivity contribution is 14.1. The van der Waals surface area contributed by atoms with Crippen molar-refractivity contribution in [2.45, 2.75) is 26.3 Å². The molecule has 1 aromatic carbocycles. The number of anilines is 1. The van der Waals surface area contributed by atoms with Gasteiger partial charge in [0, 0.05) is 14.1 Å². The highest BCUT2D eigenvalue weighted by Gasteiger charge is 2.28. The smallest absolute Gasteiger partial charge is 0.323 e. The summed E-state index contributed by atoms with van der Waals surface area (Å²) in [5.74, 6) is -1.05. The average molecular weight is 411 g/mol. The Labute approximate surface area is 136 Å². The Morgan fingerprint density at radius 3 is 2.45 bits per heavy atom. The fourth-order valence-corrected chi connectivity index (χ4v) is 2.53. The van der Waals surface area contributed by atoms with E-state index in [1.54, 1.807) is 39.0 Å². The van der Waals surface area contributed by atoms with Crippen LogP contribution in [0.5, 0.6) is 0 Å². The molecule has 0 fully saturated rings. The third kappa shape index (κ3) is 4.82. The maximum absolute atomic E-state index is 12.2. The summed E-state index contributed by atoms with van der Waals surface area (Å²) in [6.45, 7) is 4.98. The van der Waals surface area contributed by atoms with Crippen molar-refractivity contribution in [3.8, 4) is 0 Å². The molecule has 20 heavy (non-hydrogen) atoms. The summed E-state index contributed by atoms with van der Waals surface area (Å²) < 4.78 is 0.785. The predicted molar refractivity (Wildman–Crippen MR) is 87.3 cm³/mol. The van der Waals surface area contributed by atoms with Gasteiger partial charge < -0.3 is 15.3 Å². The number of carbonyl (C=O) groups is 2. The number of aliphatic carboxylic acids is 1. The van der Waals surface area contributed by atoms with E-state index in [4.69, 9.17) is 16.7 Å². The van der Waals surface area contributed by atoms with E-state index in [-0.39, 0.29) is 6.54 Å². The SMILES string of the molecule is CC(C)(C)N(CC(=O)O)C(=O)Nc1ccc(Cl)cc1I. The standard InChI is InChI=1S/C13H16ClIN2O3/c1-13(2,3)17(7-11(18)19)12(20)16-10-5-4-8(14)6-9(10)15/h4-6H,7H2,1-3H3,(H,16,20)(H,18,19). The Morgan fingerprint density at radius 2 is 2.00 bits per heavy atom. The van der Waals surface area contributed by atoms with Gasteiger partial charge in [0.05, 0.1) is 5.69 Å². The second-order valence-electron chi connectivity index (χ2n) is 5.21. The van der Waals surface area contributed by atoms with Gasteiger partial charge in [-0.2, -0.15) is 0 Å². The van der Waals surface area contributed by atoms with Gasteiger partial charge in [0.25, 0.3) is 0 Å². The maximum Gasteiger partial charge on any atom is 0.323 e. The zero-order valence-corrected chi connectivity index (χ0v) is 14.3. The predicted octanol–water partition coefficient (Wildman–Crippen LogP) is 3.66. The van der Waals surface area contributed by atoms with E-state index >= 15 is 0 Å². The summed E-state index contributed by atoms with van der Waals surface area (Å²) in [5, 5.41) is 12.2. The minimum Gasteiger partial charge on any atom is -0.480 e. The monoisotopic (exact) mass is 410 g/mol.